The zero-order chi connectivity index (χ0) is 22.8. The lowest BCUT2D eigenvalue weighted by Crippen LogP contribution is -2.68. The van der Waals surface area contributed by atoms with E-state index in [-0.39, 0.29) is 40.5 Å². The minimum absolute atomic E-state index is 0.0785. The maximum Gasteiger partial charge on any atom is 0.261 e. The van der Waals surface area contributed by atoms with Crippen molar-refractivity contribution in [3.63, 3.8) is 0 Å². The van der Waals surface area contributed by atoms with Crippen LogP contribution in [0.5, 0.6) is 0 Å². The van der Waals surface area contributed by atoms with Gasteiger partial charge in [0.25, 0.3) is 8.32 Å². The third-order valence-corrected chi connectivity index (χ3v) is 12.2. The molecule has 0 aliphatic heterocycles. The van der Waals surface area contributed by atoms with Gasteiger partial charge in [0.05, 0.1) is 0 Å². The first kappa shape index (κ1) is 23.6. The van der Waals surface area contributed by atoms with Crippen molar-refractivity contribution >= 4 is 30.3 Å². The smallest absolute Gasteiger partial charge is 0.261 e. The van der Waals surface area contributed by atoms with E-state index in [0.29, 0.717) is 12.8 Å². The van der Waals surface area contributed by atoms with Crippen LogP contribution in [0.15, 0.2) is 60.7 Å². The Morgan fingerprint density at radius 1 is 0.839 bits per heavy atom. The summed E-state index contributed by atoms with van der Waals surface area (Å²) in [7, 11) is -2.73. The normalized spacial score (nSPS) is 24.6. The van der Waals surface area contributed by atoms with Gasteiger partial charge in [0.2, 0.25) is 0 Å². The number of ketones is 2. The first-order chi connectivity index (χ1) is 14.6. The molecule has 0 saturated heterocycles. The van der Waals surface area contributed by atoms with Crippen LogP contribution in [0, 0.1) is 17.8 Å². The Morgan fingerprint density at radius 3 is 1.71 bits per heavy atom. The van der Waals surface area contributed by atoms with Crippen molar-refractivity contribution in [2.45, 2.75) is 65.5 Å². The summed E-state index contributed by atoms with van der Waals surface area (Å²) < 4.78 is 7.32. The van der Waals surface area contributed by atoms with Gasteiger partial charge >= 0.3 is 0 Å². The van der Waals surface area contributed by atoms with Crippen LogP contribution >= 0.6 is 0 Å². The average molecular weight is 437 g/mol. The predicted molar refractivity (Wildman–Crippen MR) is 129 cm³/mol. The lowest BCUT2D eigenvalue weighted by molar-refractivity contribution is -0.131. The van der Waals surface area contributed by atoms with E-state index in [1.807, 2.05) is 12.1 Å². The molecule has 4 heteroatoms. The summed E-state index contributed by atoms with van der Waals surface area (Å²) in [5, 5.41) is 2.32. The van der Waals surface area contributed by atoms with E-state index in [1.54, 1.807) is 13.8 Å². The Hall–Kier alpha value is -2.04. The molecule has 166 valence electrons. The van der Waals surface area contributed by atoms with E-state index < -0.39 is 8.32 Å². The van der Waals surface area contributed by atoms with Gasteiger partial charge < -0.3 is 4.43 Å². The zero-order valence-corrected chi connectivity index (χ0v) is 20.7. The fourth-order valence-electron chi connectivity index (χ4n) is 5.31. The van der Waals surface area contributed by atoms with Crippen molar-refractivity contribution in [2.75, 3.05) is 0 Å². The second kappa shape index (κ2) is 9.21. The maximum absolute atomic E-state index is 12.5. The fourth-order valence-corrected chi connectivity index (χ4v) is 10.1. The van der Waals surface area contributed by atoms with Gasteiger partial charge in [0.15, 0.2) is 0 Å². The van der Waals surface area contributed by atoms with Gasteiger partial charge in [-0.3, -0.25) is 9.59 Å². The molecule has 3 nitrogen and oxygen atoms in total. The first-order valence-corrected chi connectivity index (χ1v) is 13.3. The van der Waals surface area contributed by atoms with Crippen molar-refractivity contribution in [3.8, 4) is 0 Å². The molecule has 2 aromatic rings. The highest BCUT2D eigenvalue weighted by Crippen LogP contribution is 2.43. The van der Waals surface area contributed by atoms with Crippen molar-refractivity contribution < 1.29 is 14.0 Å². The van der Waals surface area contributed by atoms with Gasteiger partial charge in [0.1, 0.15) is 11.6 Å². The van der Waals surface area contributed by atoms with Crippen LogP contribution in [0.4, 0.5) is 0 Å². The number of benzene rings is 2. The fraction of sp³-hybridized carbons (Fsp3) is 0.481. The highest BCUT2D eigenvalue weighted by molar-refractivity contribution is 6.99. The summed E-state index contributed by atoms with van der Waals surface area (Å²) in [4.78, 5) is 24.8. The molecule has 0 aromatic heterocycles. The minimum Gasteiger partial charge on any atom is -0.404 e. The molecular weight excluding hydrogens is 400 g/mol. The lowest BCUT2D eigenvalue weighted by atomic mass is 9.70. The molecular formula is C27H36O3Si. The third kappa shape index (κ3) is 4.60. The molecule has 3 rings (SSSR count). The molecule has 0 radical (unpaired) electrons. The van der Waals surface area contributed by atoms with Crippen molar-refractivity contribution in [2.24, 2.45) is 17.8 Å². The Labute approximate surface area is 188 Å². The molecule has 31 heavy (non-hydrogen) atoms. The van der Waals surface area contributed by atoms with Gasteiger partial charge in [-0.25, -0.2) is 0 Å². The largest absolute Gasteiger partial charge is 0.404 e. The predicted octanol–water partition coefficient (Wildman–Crippen LogP) is 4.77. The number of hydrogen-bond acceptors (Lipinski definition) is 3. The third-order valence-electron chi connectivity index (χ3n) is 7.12. The SMILES string of the molecule is CC(=O)[C@@H]1CC(O[Si](c2ccccc2)(c2ccccc2)C(C)(C)C)C(C)[C@@H](C(C)=O)C1. The summed E-state index contributed by atoms with van der Waals surface area (Å²) in [6.45, 7) is 12.2. The molecule has 2 aromatic carbocycles. The standard InChI is InChI=1S/C27H36O3Si/c1-19-25(21(3)29)17-22(20(2)28)18-26(19)30-31(27(4,5)6,23-13-9-7-10-14-23)24-15-11-8-12-16-24/h7-16,19,22,25-26H,17-18H2,1-6H3/t19?,22-,25-,26?/m0/s1. The van der Waals surface area contributed by atoms with Crippen LogP contribution in [0.25, 0.3) is 0 Å². The monoisotopic (exact) mass is 436 g/mol. The van der Waals surface area contributed by atoms with Gasteiger partial charge in [0, 0.05) is 17.9 Å². The quantitative estimate of drug-likeness (QED) is 0.613. The van der Waals surface area contributed by atoms with Crippen LogP contribution in [-0.2, 0) is 14.0 Å². The van der Waals surface area contributed by atoms with Gasteiger partial charge in [-0.05, 0) is 48.0 Å². The van der Waals surface area contributed by atoms with E-state index >= 15 is 0 Å². The minimum atomic E-state index is -2.73. The van der Waals surface area contributed by atoms with Crippen molar-refractivity contribution in [1.82, 2.24) is 0 Å². The zero-order valence-electron chi connectivity index (χ0n) is 19.7. The number of carbonyl (C=O) groups is 2. The first-order valence-electron chi connectivity index (χ1n) is 11.4. The van der Waals surface area contributed by atoms with Crippen LogP contribution in [0.2, 0.25) is 5.04 Å². The van der Waals surface area contributed by atoms with E-state index in [0.717, 1.165) is 0 Å². The number of rotatable bonds is 6. The lowest BCUT2D eigenvalue weighted by Gasteiger charge is -2.49. The molecule has 1 fully saturated rings. The van der Waals surface area contributed by atoms with Crippen molar-refractivity contribution in [3.05, 3.63) is 60.7 Å². The second-order valence-electron chi connectivity index (χ2n) is 10.2. The van der Waals surface area contributed by atoms with Crippen LogP contribution in [0.3, 0.4) is 0 Å². The van der Waals surface area contributed by atoms with E-state index in [4.69, 9.17) is 4.43 Å². The summed E-state index contributed by atoms with van der Waals surface area (Å²) >= 11 is 0. The molecule has 0 heterocycles. The summed E-state index contributed by atoms with van der Waals surface area (Å²) in [6.07, 6.45) is 1.19. The topological polar surface area (TPSA) is 43.4 Å². The van der Waals surface area contributed by atoms with Gasteiger partial charge in [-0.1, -0.05) is 88.4 Å². The van der Waals surface area contributed by atoms with Crippen LogP contribution in [0.1, 0.15) is 54.4 Å². The number of hydrogen-bond donors (Lipinski definition) is 0. The van der Waals surface area contributed by atoms with Crippen molar-refractivity contribution in [1.29, 1.82) is 0 Å². The van der Waals surface area contributed by atoms with E-state index in [9.17, 15) is 9.59 Å². The van der Waals surface area contributed by atoms with Crippen LogP contribution < -0.4 is 10.4 Å². The number of carbonyl (C=O) groups excluding carboxylic acids is 2. The highest BCUT2D eigenvalue weighted by Gasteiger charge is 2.53. The molecule has 2 unspecified atom stereocenters. The van der Waals surface area contributed by atoms with Gasteiger partial charge in [-0.2, -0.15) is 0 Å². The summed E-state index contributed by atoms with van der Waals surface area (Å²) in [5.74, 6) is 0.151. The highest BCUT2D eigenvalue weighted by atomic mass is 28.4. The molecule has 0 bridgehead atoms. The Bertz CT molecular complexity index is 862. The molecule has 1 aliphatic rings. The maximum atomic E-state index is 12.5. The Kier molecular flexibility index (Phi) is 7.02. The van der Waals surface area contributed by atoms with E-state index in [2.05, 4.69) is 76.2 Å². The average Bonchev–Trinajstić information content (AvgIpc) is 2.73. The molecule has 0 amide bonds. The molecule has 1 aliphatic carbocycles. The second-order valence-corrected chi connectivity index (χ2v) is 14.4. The molecule has 1 saturated carbocycles. The molecule has 4 atom stereocenters. The van der Waals surface area contributed by atoms with Crippen LogP contribution in [-0.4, -0.2) is 26.0 Å². The Morgan fingerprint density at radius 2 is 1.32 bits per heavy atom. The molecule has 0 spiro atoms. The molecule has 0 N–H and O–H groups in total. The summed E-state index contributed by atoms with van der Waals surface area (Å²) in [6, 6.07) is 21.1. The Balaban J connectivity index is 2.16. The number of Topliss-reactive ketones (excluding diaryl/α,β-unsaturated/α-hetero) is 2. The van der Waals surface area contributed by atoms with E-state index in [1.165, 1.54) is 10.4 Å². The van der Waals surface area contributed by atoms with Gasteiger partial charge in [-0.15, -0.1) is 0 Å². The summed E-state index contributed by atoms with van der Waals surface area (Å²) in [5.41, 5.74) is 0.